The largest absolute Gasteiger partial charge is 0.474 e. The number of fused-ring (bicyclic) bond motifs is 1. The molecule has 0 unspecified atom stereocenters. The first-order valence-electron chi connectivity index (χ1n) is 9.45. The highest BCUT2D eigenvalue weighted by Gasteiger charge is 2.29. The fourth-order valence-electron chi connectivity index (χ4n) is 3.24. The van der Waals surface area contributed by atoms with Crippen LogP contribution in [0.15, 0.2) is 24.3 Å². The lowest BCUT2D eigenvalue weighted by molar-refractivity contribution is -0.386. The minimum atomic E-state index is -0.995. The van der Waals surface area contributed by atoms with E-state index in [2.05, 4.69) is 5.32 Å². The minimum Gasteiger partial charge on any atom is -0.474 e. The molecule has 0 fully saturated rings. The van der Waals surface area contributed by atoms with Gasteiger partial charge in [0.1, 0.15) is 5.00 Å². The van der Waals surface area contributed by atoms with Gasteiger partial charge in [-0.25, -0.2) is 4.79 Å². The number of nitrogens with one attached hydrogen (secondary N) is 1. The second-order valence-corrected chi connectivity index (χ2v) is 7.71. The molecule has 154 valence electrons. The fraction of sp³-hybridized carbons (Fsp3) is 0.400. The molecule has 1 atom stereocenters. The Balaban J connectivity index is 1.81. The molecule has 0 saturated carbocycles. The van der Waals surface area contributed by atoms with Crippen LogP contribution in [0.2, 0.25) is 0 Å². The van der Waals surface area contributed by atoms with Gasteiger partial charge < -0.3 is 14.8 Å². The maximum absolute atomic E-state index is 12.7. The molecule has 2 aromatic rings. The Morgan fingerprint density at radius 3 is 2.72 bits per heavy atom. The SMILES string of the molecule is CCOC(=O)c1c(NC(=O)[C@H](C)Oc2ccccc2[N+](=O)[O-])sc2c1CCCC2. The molecule has 8 nitrogen and oxygen atoms in total. The molecule has 1 heterocycles. The summed E-state index contributed by atoms with van der Waals surface area (Å²) < 4.78 is 10.7. The molecule has 1 aromatic carbocycles. The number of nitrogens with zero attached hydrogens (tertiary/aromatic N) is 1. The lowest BCUT2D eigenvalue weighted by Crippen LogP contribution is -2.30. The summed E-state index contributed by atoms with van der Waals surface area (Å²) in [4.78, 5) is 36.8. The number of para-hydroxylation sites is 2. The highest BCUT2D eigenvalue weighted by Crippen LogP contribution is 2.38. The molecule has 0 saturated heterocycles. The number of carbonyl (C=O) groups is 2. The monoisotopic (exact) mass is 418 g/mol. The molecule has 0 radical (unpaired) electrons. The van der Waals surface area contributed by atoms with Crippen LogP contribution in [0.4, 0.5) is 10.7 Å². The third-order valence-corrected chi connectivity index (χ3v) is 5.83. The van der Waals surface area contributed by atoms with E-state index in [-0.39, 0.29) is 18.0 Å². The first-order valence-corrected chi connectivity index (χ1v) is 10.3. The highest BCUT2D eigenvalue weighted by atomic mass is 32.1. The van der Waals surface area contributed by atoms with E-state index >= 15 is 0 Å². The summed E-state index contributed by atoms with van der Waals surface area (Å²) in [5.41, 5.74) is 1.14. The van der Waals surface area contributed by atoms with Crippen molar-refractivity contribution in [2.24, 2.45) is 0 Å². The average molecular weight is 418 g/mol. The van der Waals surface area contributed by atoms with Gasteiger partial charge in [-0.15, -0.1) is 11.3 Å². The Morgan fingerprint density at radius 2 is 2.00 bits per heavy atom. The normalized spacial score (nSPS) is 13.9. The molecule has 1 aliphatic carbocycles. The first-order chi connectivity index (χ1) is 13.9. The number of nitro groups is 1. The van der Waals surface area contributed by atoms with E-state index in [0.29, 0.717) is 10.6 Å². The predicted octanol–water partition coefficient (Wildman–Crippen LogP) is 4.12. The van der Waals surface area contributed by atoms with Gasteiger partial charge in [-0.05, 0) is 51.2 Å². The molecule has 1 aromatic heterocycles. The topological polar surface area (TPSA) is 108 Å². The second-order valence-electron chi connectivity index (χ2n) is 6.61. The summed E-state index contributed by atoms with van der Waals surface area (Å²) >= 11 is 1.38. The molecule has 1 aliphatic rings. The zero-order chi connectivity index (χ0) is 21.0. The molecular weight excluding hydrogens is 396 g/mol. The first kappa shape index (κ1) is 20.8. The van der Waals surface area contributed by atoms with Crippen molar-refractivity contribution in [2.45, 2.75) is 45.6 Å². The summed E-state index contributed by atoms with van der Waals surface area (Å²) in [6.45, 7) is 3.48. The third-order valence-electron chi connectivity index (χ3n) is 4.62. The smallest absolute Gasteiger partial charge is 0.341 e. The van der Waals surface area contributed by atoms with Gasteiger partial charge in [0, 0.05) is 10.9 Å². The Kier molecular flexibility index (Phi) is 6.48. The van der Waals surface area contributed by atoms with Crippen LogP contribution in [0, 0.1) is 10.1 Å². The van der Waals surface area contributed by atoms with Gasteiger partial charge in [0.2, 0.25) is 0 Å². The number of carbonyl (C=O) groups excluding carboxylic acids is 2. The summed E-state index contributed by atoms with van der Waals surface area (Å²) in [7, 11) is 0. The fourth-order valence-corrected chi connectivity index (χ4v) is 4.52. The van der Waals surface area contributed by atoms with Crippen molar-refractivity contribution in [1.82, 2.24) is 0 Å². The quantitative estimate of drug-likeness (QED) is 0.412. The second kappa shape index (κ2) is 9.04. The molecule has 1 amide bonds. The van der Waals surface area contributed by atoms with Gasteiger partial charge in [-0.3, -0.25) is 14.9 Å². The van der Waals surface area contributed by atoms with Crippen LogP contribution < -0.4 is 10.1 Å². The Hall–Kier alpha value is -2.94. The van der Waals surface area contributed by atoms with Crippen molar-refractivity contribution < 1.29 is 24.0 Å². The van der Waals surface area contributed by atoms with E-state index < -0.39 is 22.9 Å². The number of rotatable bonds is 7. The van der Waals surface area contributed by atoms with Crippen LogP contribution in [0.1, 0.15) is 47.5 Å². The van der Waals surface area contributed by atoms with Crippen LogP contribution >= 0.6 is 11.3 Å². The molecule has 0 aliphatic heterocycles. The standard InChI is InChI=1S/C20H22N2O6S/c1-3-27-20(24)17-13-8-4-7-11-16(13)29-19(17)21-18(23)12(2)28-15-10-6-5-9-14(15)22(25)26/h5-6,9-10,12H,3-4,7-8,11H2,1-2H3,(H,21,23)/t12-/m0/s1. The predicted molar refractivity (Wildman–Crippen MR) is 109 cm³/mol. The molecule has 0 spiro atoms. The molecule has 1 N–H and O–H groups in total. The van der Waals surface area contributed by atoms with E-state index in [1.807, 2.05) is 0 Å². The Labute approximate surface area is 172 Å². The van der Waals surface area contributed by atoms with E-state index in [1.165, 1.54) is 36.5 Å². The number of hydrogen-bond acceptors (Lipinski definition) is 7. The number of ether oxygens (including phenoxy) is 2. The zero-order valence-corrected chi connectivity index (χ0v) is 17.0. The number of esters is 1. The van der Waals surface area contributed by atoms with Crippen molar-refractivity contribution in [1.29, 1.82) is 0 Å². The van der Waals surface area contributed by atoms with Crippen LogP contribution in [0.25, 0.3) is 0 Å². The van der Waals surface area contributed by atoms with Crippen molar-refractivity contribution >= 4 is 33.9 Å². The maximum atomic E-state index is 12.7. The molecule has 29 heavy (non-hydrogen) atoms. The van der Waals surface area contributed by atoms with Gasteiger partial charge in [0.25, 0.3) is 5.91 Å². The number of amides is 1. The van der Waals surface area contributed by atoms with Crippen molar-refractivity contribution in [3.8, 4) is 5.75 Å². The van der Waals surface area contributed by atoms with Gasteiger partial charge in [0.15, 0.2) is 11.9 Å². The van der Waals surface area contributed by atoms with Gasteiger partial charge in [-0.2, -0.15) is 0 Å². The number of aryl methyl sites for hydroxylation is 1. The molecule has 3 rings (SSSR count). The minimum absolute atomic E-state index is 0.0104. The number of thiophene rings is 1. The summed E-state index contributed by atoms with van der Waals surface area (Å²) in [6, 6.07) is 5.87. The highest BCUT2D eigenvalue weighted by molar-refractivity contribution is 7.17. The number of benzene rings is 1. The average Bonchev–Trinajstić information content (AvgIpc) is 3.06. The summed E-state index contributed by atoms with van der Waals surface area (Å²) in [6.07, 6.45) is 2.68. The van der Waals surface area contributed by atoms with Gasteiger partial charge >= 0.3 is 11.7 Å². The summed E-state index contributed by atoms with van der Waals surface area (Å²) in [5, 5.41) is 14.3. The molecule has 9 heteroatoms. The van der Waals surface area contributed by atoms with Crippen LogP contribution in [-0.4, -0.2) is 29.5 Å². The maximum Gasteiger partial charge on any atom is 0.341 e. The Morgan fingerprint density at radius 1 is 1.28 bits per heavy atom. The van der Waals surface area contributed by atoms with Crippen molar-refractivity contribution in [3.05, 3.63) is 50.4 Å². The van der Waals surface area contributed by atoms with E-state index in [4.69, 9.17) is 9.47 Å². The summed E-state index contributed by atoms with van der Waals surface area (Å²) in [5.74, 6) is -0.932. The molecule has 0 bridgehead atoms. The lowest BCUT2D eigenvalue weighted by atomic mass is 9.95. The van der Waals surface area contributed by atoms with E-state index in [1.54, 1.807) is 13.0 Å². The van der Waals surface area contributed by atoms with Gasteiger partial charge in [0.05, 0.1) is 17.1 Å². The van der Waals surface area contributed by atoms with Gasteiger partial charge in [-0.1, -0.05) is 12.1 Å². The number of hydrogen-bond donors (Lipinski definition) is 1. The van der Waals surface area contributed by atoms with E-state index in [9.17, 15) is 19.7 Å². The third kappa shape index (κ3) is 4.56. The molecular formula is C20H22N2O6S. The van der Waals surface area contributed by atoms with Crippen molar-refractivity contribution in [2.75, 3.05) is 11.9 Å². The zero-order valence-electron chi connectivity index (χ0n) is 16.2. The van der Waals surface area contributed by atoms with Crippen molar-refractivity contribution in [3.63, 3.8) is 0 Å². The Bertz CT molecular complexity index is 939. The lowest BCUT2D eigenvalue weighted by Gasteiger charge is -2.15. The number of nitro benzene ring substituents is 1. The van der Waals surface area contributed by atoms with E-state index in [0.717, 1.165) is 36.1 Å². The van der Waals surface area contributed by atoms with Crippen LogP contribution in [-0.2, 0) is 22.4 Å². The van der Waals surface area contributed by atoms with Crippen LogP contribution in [0.5, 0.6) is 5.75 Å². The van der Waals surface area contributed by atoms with Crippen LogP contribution in [0.3, 0.4) is 0 Å². The number of anilines is 1.